The van der Waals surface area contributed by atoms with Crippen molar-refractivity contribution in [1.29, 1.82) is 0 Å². The highest BCUT2D eigenvalue weighted by Gasteiger charge is 2.08. The molecule has 0 aliphatic carbocycles. The zero-order valence-corrected chi connectivity index (χ0v) is 11.7. The molecule has 0 unspecified atom stereocenters. The van der Waals surface area contributed by atoms with Crippen molar-refractivity contribution in [2.24, 2.45) is 0 Å². The predicted molar refractivity (Wildman–Crippen MR) is 83.7 cm³/mol. The average molecular weight is 265 g/mol. The first kappa shape index (κ1) is 12.7. The summed E-state index contributed by atoms with van der Waals surface area (Å²) in [6, 6.07) is 16.4. The molecule has 102 valence electrons. The Labute approximate surface area is 119 Å². The zero-order chi connectivity index (χ0) is 13.9. The molecule has 0 aliphatic rings. The van der Waals surface area contributed by atoms with E-state index < -0.39 is 0 Å². The van der Waals surface area contributed by atoms with Gasteiger partial charge < -0.3 is 10.3 Å². The molecule has 1 aromatic heterocycles. The molecule has 0 radical (unpaired) electrons. The number of aryl methyl sites for hydroxylation is 3. The Morgan fingerprint density at radius 1 is 1.00 bits per heavy atom. The van der Waals surface area contributed by atoms with Gasteiger partial charge in [0.2, 0.25) is 0 Å². The molecule has 20 heavy (non-hydrogen) atoms. The van der Waals surface area contributed by atoms with Gasteiger partial charge in [0.15, 0.2) is 0 Å². The standard InChI is InChI=1S/C17H19N3/c1-2-20-16-6-4-3-5-15(16)19-17(20)12-9-13-7-10-14(18)11-8-13/h3-8,10-11H,2,9,12,18H2,1H3. The first-order valence-corrected chi connectivity index (χ1v) is 7.06. The topological polar surface area (TPSA) is 43.8 Å². The Bertz CT molecular complexity index is 711. The minimum Gasteiger partial charge on any atom is -0.399 e. The van der Waals surface area contributed by atoms with E-state index in [0.29, 0.717) is 0 Å². The molecule has 2 N–H and O–H groups in total. The van der Waals surface area contributed by atoms with Crippen molar-refractivity contribution in [3.8, 4) is 0 Å². The lowest BCUT2D eigenvalue weighted by Gasteiger charge is -2.06. The first-order chi connectivity index (χ1) is 9.78. The van der Waals surface area contributed by atoms with E-state index in [-0.39, 0.29) is 0 Å². The molecule has 3 rings (SSSR count). The Kier molecular flexibility index (Phi) is 3.42. The molecule has 0 bridgehead atoms. The Balaban J connectivity index is 1.85. The van der Waals surface area contributed by atoms with Crippen molar-refractivity contribution in [1.82, 2.24) is 9.55 Å². The third-order valence-electron chi connectivity index (χ3n) is 3.67. The van der Waals surface area contributed by atoms with E-state index in [4.69, 9.17) is 10.7 Å². The lowest BCUT2D eigenvalue weighted by atomic mass is 10.1. The van der Waals surface area contributed by atoms with Crippen LogP contribution in [0.2, 0.25) is 0 Å². The third-order valence-corrected chi connectivity index (χ3v) is 3.67. The average Bonchev–Trinajstić information content (AvgIpc) is 2.84. The van der Waals surface area contributed by atoms with Gasteiger partial charge in [-0.05, 0) is 43.2 Å². The summed E-state index contributed by atoms with van der Waals surface area (Å²) in [5.41, 5.74) is 10.1. The number of nitrogens with zero attached hydrogens (tertiary/aromatic N) is 2. The molecule has 2 aromatic carbocycles. The van der Waals surface area contributed by atoms with Crippen LogP contribution >= 0.6 is 0 Å². The fourth-order valence-electron chi connectivity index (χ4n) is 2.61. The van der Waals surface area contributed by atoms with Gasteiger partial charge in [-0.3, -0.25) is 0 Å². The van der Waals surface area contributed by atoms with Crippen LogP contribution in [0.4, 0.5) is 5.69 Å². The minimum absolute atomic E-state index is 0.814. The number of para-hydroxylation sites is 2. The van der Waals surface area contributed by atoms with Crippen LogP contribution in [0.25, 0.3) is 11.0 Å². The second-order valence-corrected chi connectivity index (χ2v) is 5.00. The van der Waals surface area contributed by atoms with Gasteiger partial charge in [-0.25, -0.2) is 4.98 Å². The summed E-state index contributed by atoms with van der Waals surface area (Å²) in [6.07, 6.45) is 1.94. The summed E-state index contributed by atoms with van der Waals surface area (Å²) >= 11 is 0. The summed E-state index contributed by atoms with van der Waals surface area (Å²) in [5, 5.41) is 0. The van der Waals surface area contributed by atoms with Gasteiger partial charge in [-0.15, -0.1) is 0 Å². The first-order valence-electron chi connectivity index (χ1n) is 7.06. The maximum Gasteiger partial charge on any atom is 0.110 e. The summed E-state index contributed by atoms with van der Waals surface area (Å²) in [7, 11) is 0. The normalized spacial score (nSPS) is 11.1. The maximum absolute atomic E-state index is 5.71. The largest absolute Gasteiger partial charge is 0.399 e. The highest BCUT2D eigenvalue weighted by molar-refractivity contribution is 5.75. The molecule has 3 aromatic rings. The van der Waals surface area contributed by atoms with Crippen LogP contribution in [-0.4, -0.2) is 9.55 Å². The lowest BCUT2D eigenvalue weighted by Crippen LogP contribution is -2.03. The second kappa shape index (κ2) is 5.37. The van der Waals surface area contributed by atoms with E-state index in [0.717, 1.165) is 36.4 Å². The van der Waals surface area contributed by atoms with Crippen molar-refractivity contribution >= 4 is 16.7 Å². The Morgan fingerprint density at radius 2 is 1.75 bits per heavy atom. The fourth-order valence-corrected chi connectivity index (χ4v) is 2.61. The van der Waals surface area contributed by atoms with Crippen LogP contribution < -0.4 is 5.73 Å². The van der Waals surface area contributed by atoms with Crippen LogP contribution in [-0.2, 0) is 19.4 Å². The van der Waals surface area contributed by atoms with Gasteiger partial charge in [0.1, 0.15) is 5.82 Å². The molecule has 0 aliphatic heterocycles. The highest BCUT2D eigenvalue weighted by atomic mass is 15.1. The van der Waals surface area contributed by atoms with Crippen molar-refractivity contribution < 1.29 is 0 Å². The number of anilines is 1. The Hall–Kier alpha value is -2.29. The maximum atomic E-state index is 5.71. The molecule has 0 saturated carbocycles. The van der Waals surface area contributed by atoms with Crippen molar-refractivity contribution in [3.63, 3.8) is 0 Å². The van der Waals surface area contributed by atoms with Crippen molar-refractivity contribution in [3.05, 3.63) is 59.9 Å². The van der Waals surface area contributed by atoms with Gasteiger partial charge in [0, 0.05) is 18.7 Å². The molecule has 0 atom stereocenters. The van der Waals surface area contributed by atoms with Gasteiger partial charge >= 0.3 is 0 Å². The summed E-state index contributed by atoms with van der Waals surface area (Å²) in [5.74, 6) is 1.16. The van der Waals surface area contributed by atoms with Crippen LogP contribution in [0.3, 0.4) is 0 Å². The van der Waals surface area contributed by atoms with Crippen LogP contribution in [0, 0.1) is 0 Å². The monoisotopic (exact) mass is 265 g/mol. The summed E-state index contributed by atoms with van der Waals surface area (Å²) in [4.78, 5) is 4.75. The molecule has 3 nitrogen and oxygen atoms in total. The Morgan fingerprint density at radius 3 is 2.50 bits per heavy atom. The molecule has 0 spiro atoms. The van der Waals surface area contributed by atoms with Crippen LogP contribution in [0.15, 0.2) is 48.5 Å². The SMILES string of the molecule is CCn1c(CCc2ccc(N)cc2)nc2ccccc21. The third kappa shape index (κ3) is 2.39. The van der Waals surface area contributed by atoms with Crippen LogP contribution in [0.5, 0.6) is 0 Å². The summed E-state index contributed by atoms with van der Waals surface area (Å²) < 4.78 is 2.30. The zero-order valence-electron chi connectivity index (χ0n) is 11.7. The van der Waals surface area contributed by atoms with E-state index in [1.54, 1.807) is 0 Å². The number of aromatic nitrogens is 2. The van der Waals surface area contributed by atoms with Gasteiger partial charge in [0.25, 0.3) is 0 Å². The van der Waals surface area contributed by atoms with Gasteiger partial charge in [-0.2, -0.15) is 0 Å². The molecular formula is C17H19N3. The molecule has 0 fully saturated rings. The molecule has 0 amide bonds. The van der Waals surface area contributed by atoms with E-state index in [9.17, 15) is 0 Å². The molecule has 0 saturated heterocycles. The molecule has 1 heterocycles. The van der Waals surface area contributed by atoms with Crippen molar-refractivity contribution in [2.75, 3.05) is 5.73 Å². The predicted octanol–water partition coefficient (Wildman–Crippen LogP) is 3.42. The van der Waals surface area contributed by atoms with Gasteiger partial charge in [-0.1, -0.05) is 24.3 Å². The van der Waals surface area contributed by atoms with E-state index in [1.807, 2.05) is 18.2 Å². The van der Waals surface area contributed by atoms with Crippen LogP contribution in [0.1, 0.15) is 18.3 Å². The number of fused-ring (bicyclic) bond motifs is 1. The summed E-state index contributed by atoms with van der Waals surface area (Å²) in [6.45, 7) is 3.12. The quantitative estimate of drug-likeness (QED) is 0.734. The number of nitrogens with two attached hydrogens (primary N) is 1. The van der Waals surface area contributed by atoms with Crippen molar-refractivity contribution in [2.45, 2.75) is 26.3 Å². The highest BCUT2D eigenvalue weighted by Crippen LogP contribution is 2.17. The lowest BCUT2D eigenvalue weighted by molar-refractivity contribution is 0.707. The molecule has 3 heteroatoms. The van der Waals surface area contributed by atoms with E-state index in [1.165, 1.54) is 11.1 Å². The number of rotatable bonds is 4. The minimum atomic E-state index is 0.814. The van der Waals surface area contributed by atoms with Gasteiger partial charge in [0.05, 0.1) is 11.0 Å². The smallest absolute Gasteiger partial charge is 0.110 e. The van der Waals surface area contributed by atoms with E-state index >= 15 is 0 Å². The number of nitrogen functional groups attached to an aromatic ring is 1. The number of benzene rings is 2. The number of hydrogen-bond donors (Lipinski definition) is 1. The number of imidazole rings is 1. The van der Waals surface area contributed by atoms with E-state index in [2.05, 4.69) is 41.8 Å². The molecular weight excluding hydrogens is 246 g/mol. The fraction of sp³-hybridized carbons (Fsp3) is 0.235. The second-order valence-electron chi connectivity index (χ2n) is 5.00. The number of hydrogen-bond acceptors (Lipinski definition) is 2.